The molecule has 1 amide bonds. The quantitative estimate of drug-likeness (QED) is 0.633. The number of nitrogens with one attached hydrogen (secondary N) is 1. The maximum absolute atomic E-state index is 12.2. The Kier molecular flexibility index (Phi) is 4.50. The van der Waals surface area contributed by atoms with Crippen LogP contribution in [0.3, 0.4) is 0 Å². The Hall–Kier alpha value is -2.46. The van der Waals surface area contributed by atoms with Crippen LogP contribution in [0.2, 0.25) is 0 Å². The average molecular weight is 344 g/mol. The fourth-order valence-corrected chi connectivity index (χ4v) is 3.01. The Labute approximate surface area is 140 Å². The Balaban J connectivity index is 1.73. The third-order valence-electron chi connectivity index (χ3n) is 3.37. The molecule has 2 heterocycles. The van der Waals surface area contributed by atoms with Crippen molar-refractivity contribution in [2.24, 2.45) is 0 Å². The van der Waals surface area contributed by atoms with Gasteiger partial charge in [0.05, 0.1) is 13.5 Å². The second-order valence-electron chi connectivity index (χ2n) is 5.10. The van der Waals surface area contributed by atoms with E-state index in [-0.39, 0.29) is 5.75 Å². The van der Waals surface area contributed by atoms with Crippen LogP contribution in [0.25, 0.3) is 0 Å². The number of carbonyl (C=O) groups excluding carboxylic acids is 1. The number of amides is 1. The molecule has 2 radical (unpaired) electrons. The van der Waals surface area contributed by atoms with Crippen LogP contribution in [0.15, 0.2) is 41.7 Å². The second-order valence-corrected chi connectivity index (χ2v) is 6.68. The monoisotopic (exact) mass is 344 g/mol. The minimum absolute atomic E-state index is 0.221. The van der Waals surface area contributed by atoms with E-state index in [0.717, 1.165) is 5.56 Å². The first-order chi connectivity index (χ1) is 11.5. The maximum atomic E-state index is 12.2. The zero-order valence-corrected chi connectivity index (χ0v) is 13.4. The molecule has 0 bridgehead atoms. The molecule has 0 spiro atoms. The van der Waals surface area contributed by atoms with Crippen LogP contribution < -0.4 is 9.46 Å². The first-order valence-electron chi connectivity index (χ1n) is 7.05. The highest BCUT2D eigenvalue weighted by atomic mass is 32.2. The number of hydrogen-bond acceptors (Lipinski definition) is 7. The van der Waals surface area contributed by atoms with Crippen molar-refractivity contribution in [3.63, 3.8) is 0 Å². The van der Waals surface area contributed by atoms with Crippen LogP contribution in [0.4, 0.5) is 4.79 Å². The Bertz CT molecular complexity index is 860. The highest BCUT2D eigenvalue weighted by Gasteiger charge is 2.26. The second kappa shape index (κ2) is 6.58. The summed E-state index contributed by atoms with van der Waals surface area (Å²) in [7, 11) is 1.34. The number of carbonyl (C=O) groups is 1. The summed E-state index contributed by atoms with van der Waals surface area (Å²) >= 11 is 0. The third-order valence-corrected chi connectivity index (χ3v) is 4.48. The van der Waals surface area contributed by atoms with Crippen LogP contribution in [-0.2, 0) is 23.1 Å². The average Bonchev–Trinajstić information content (AvgIpc) is 2.97. The normalized spacial score (nSPS) is 14.2. The van der Waals surface area contributed by atoms with Gasteiger partial charge in [0, 0.05) is 24.8 Å². The van der Waals surface area contributed by atoms with Gasteiger partial charge < -0.3 is 9.64 Å². The summed E-state index contributed by atoms with van der Waals surface area (Å²) in [5, 5.41) is -0.481. The van der Waals surface area contributed by atoms with Gasteiger partial charge in [-0.25, -0.2) is 19.5 Å². The lowest BCUT2D eigenvalue weighted by molar-refractivity contribution is 0.206. The van der Waals surface area contributed by atoms with E-state index in [9.17, 15) is 13.2 Å². The molecule has 1 aliphatic rings. The Morgan fingerprint density at radius 3 is 2.75 bits per heavy atom. The topological polar surface area (TPSA) is 101 Å². The molecule has 0 unspecified atom stereocenters. The van der Waals surface area contributed by atoms with Gasteiger partial charge in [0.1, 0.15) is 5.75 Å². The molecule has 0 saturated heterocycles. The maximum Gasteiger partial charge on any atom is 0.426 e. The van der Waals surface area contributed by atoms with Crippen molar-refractivity contribution < 1.29 is 17.9 Å². The summed E-state index contributed by atoms with van der Waals surface area (Å²) in [6.45, 7) is 1.00. The number of sulfonamides is 1. The van der Waals surface area contributed by atoms with Gasteiger partial charge in [-0.2, -0.15) is 8.42 Å². The van der Waals surface area contributed by atoms with Gasteiger partial charge in [-0.1, -0.05) is 18.2 Å². The smallest absolute Gasteiger partial charge is 0.410 e. The van der Waals surface area contributed by atoms with Crippen molar-refractivity contribution in [2.45, 2.75) is 18.2 Å². The first kappa shape index (κ1) is 16.4. The van der Waals surface area contributed by atoms with E-state index in [1.807, 2.05) is 4.90 Å². The van der Waals surface area contributed by atoms with Gasteiger partial charge >= 0.3 is 16.1 Å². The minimum atomic E-state index is -4.22. The number of nitrogens with zero attached hydrogens (tertiary/aromatic N) is 3. The van der Waals surface area contributed by atoms with Crippen LogP contribution >= 0.6 is 0 Å². The number of benzene rings is 1. The molecular formula is C14H13BN4O4S. The lowest BCUT2D eigenvalue weighted by Crippen LogP contribution is -2.34. The lowest BCUT2D eigenvalue weighted by atomic mass is 10.1. The molecule has 0 aliphatic carbocycles. The standard InChI is InChI=1S/C14H13BN4O4S/c15-9-19-7-10-6-16-13(17-12(10)8-19)24(21,22)18-14(20)23-11-4-2-1-3-5-11/h1-6H,7-9H2,(H,18,20). The zero-order chi connectivity index (χ0) is 17.2. The fourth-order valence-electron chi connectivity index (χ4n) is 2.23. The predicted molar refractivity (Wildman–Crippen MR) is 84.7 cm³/mol. The van der Waals surface area contributed by atoms with Gasteiger partial charge in [0.25, 0.3) is 5.16 Å². The molecule has 0 saturated carbocycles. The number of para-hydroxylation sites is 1. The highest BCUT2D eigenvalue weighted by Crippen LogP contribution is 2.20. The zero-order valence-electron chi connectivity index (χ0n) is 12.5. The van der Waals surface area contributed by atoms with Crippen molar-refractivity contribution in [1.29, 1.82) is 0 Å². The van der Waals surface area contributed by atoms with Crippen molar-refractivity contribution >= 4 is 24.0 Å². The summed E-state index contributed by atoms with van der Waals surface area (Å²) in [5.74, 6) is 0.221. The van der Waals surface area contributed by atoms with E-state index in [0.29, 0.717) is 25.2 Å². The molecule has 1 aromatic carbocycles. The largest absolute Gasteiger partial charge is 0.426 e. The Morgan fingerprint density at radius 2 is 2.04 bits per heavy atom. The van der Waals surface area contributed by atoms with Gasteiger partial charge in [-0.05, 0) is 18.6 Å². The van der Waals surface area contributed by atoms with E-state index in [4.69, 9.17) is 12.6 Å². The molecular weight excluding hydrogens is 331 g/mol. The van der Waals surface area contributed by atoms with Crippen molar-refractivity contribution in [3.8, 4) is 5.75 Å². The summed E-state index contributed by atoms with van der Waals surface area (Å²) in [6.07, 6.45) is 0.628. The molecule has 122 valence electrons. The van der Waals surface area contributed by atoms with Crippen LogP contribution in [0.5, 0.6) is 5.75 Å². The predicted octanol–water partition coefficient (Wildman–Crippen LogP) is 0.395. The van der Waals surface area contributed by atoms with Gasteiger partial charge in [0.2, 0.25) is 0 Å². The number of hydrogen-bond donors (Lipinski definition) is 1. The summed E-state index contributed by atoms with van der Waals surface area (Å²) in [4.78, 5) is 21.5. The number of ether oxygens (including phenoxy) is 1. The van der Waals surface area contributed by atoms with Crippen LogP contribution in [-0.4, -0.2) is 43.7 Å². The van der Waals surface area contributed by atoms with Crippen molar-refractivity contribution in [1.82, 2.24) is 19.6 Å². The summed E-state index contributed by atoms with van der Waals surface area (Å²) < 4.78 is 31.1. The lowest BCUT2D eigenvalue weighted by Gasteiger charge is -2.09. The summed E-state index contributed by atoms with van der Waals surface area (Å²) in [6, 6.07) is 8.11. The fraction of sp³-hybridized carbons (Fsp3) is 0.214. The first-order valence-corrected chi connectivity index (χ1v) is 8.53. The molecule has 24 heavy (non-hydrogen) atoms. The summed E-state index contributed by atoms with van der Waals surface area (Å²) in [5.41, 5.74) is 1.39. The third kappa shape index (κ3) is 3.54. The molecule has 1 aromatic heterocycles. The molecule has 2 aromatic rings. The molecule has 3 rings (SSSR count). The van der Waals surface area contributed by atoms with Crippen LogP contribution in [0, 0.1) is 0 Å². The van der Waals surface area contributed by atoms with Crippen LogP contribution in [0.1, 0.15) is 11.3 Å². The van der Waals surface area contributed by atoms with E-state index < -0.39 is 21.3 Å². The molecule has 8 nitrogen and oxygen atoms in total. The van der Waals surface area contributed by atoms with E-state index >= 15 is 0 Å². The molecule has 1 N–H and O–H groups in total. The highest BCUT2D eigenvalue weighted by molar-refractivity contribution is 7.89. The van der Waals surface area contributed by atoms with Gasteiger partial charge in [-0.15, -0.1) is 0 Å². The van der Waals surface area contributed by atoms with Crippen molar-refractivity contribution in [3.05, 3.63) is 47.8 Å². The van der Waals surface area contributed by atoms with Crippen molar-refractivity contribution in [2.75, 3.05) is 6.44 Å². The molecule has 0 atom stereocenters. The number of rotatable bonds is 4. The van der Waals surface area contributed by atoms with Gasteiger partial charge in [0.15, 0.2) is 0 Å². The molecule has 0 fully saturated rings. The number of fused-ring (bicyclic) bond motifs is 1. The van der Waals surface area contributed by atoms with E-state index in [1.165, 1.54) is 18.3 Å². The number of aromatic nitrogens is 2. The molecule has 10 heteroatoms. The molecule has 1 aliphatic heterocycles. The van der Waals surface area contributed by atoms with E-state index in [2.05, 4.69) is 9.97 Å². The minimum Gasteiger partial charge on any atom is -0.410 e. The van der Waals surface area contributed by atoms with E-state index in [1.54, 1.807) is 22.9 Å². The SMILES string of the molecule is [B]CN1Cc2cnc(S(=O)(=O)NC(=O)Oc3ccccc3)nc2C1. The van der Waals surface area contributed by atoms with Gasteiger partial charge in [-0.3, -0.25) is 0 Å². The Morgan fingerprint density at radius 1 is 1.29 bits per heavy atom.